The normalized spacial score (nSPS) is 21.8. The van der Waals surface area contributed by atoms with E-state index < -0.39 is 5.91 Å². The Morgan fingerprint density at radius 2 is 1.89 bits per heavy atom. The van der Waals surface area contributed by atoms with E-state index in [1.54, 1.807) is 18.2 Å². The SMILES string of the molecule is Cl.NC(=O)c1ccc2c(c1)OC(C1CCNCC1)O2. The fourth-order valence-corrected chi connectivity index (χ4v) is 2.43. The second-order valence-electron chi connectivity index (χ2n) is 4.72. The van der Waals surface area contributed by atoms with Crippen LogP contribution in [0.3, 0.4) is 0 Å². The van der Waals surface area contributed by atoms with Gasteiger partial charge in [0.05, 0.1) is 0 Å². The van der Waals surface area contributed by atoms with Gasteiger partial charge in [0.15, 0.2) is 11.5 Å². The molecule has 3 N–H and O–H groups in total. The van der Waals surface area contributed by atoms with Gasteiger partial charge in [-0.25, -0.2) is 0 Å². The maximum Gasteiger partial charge on any atom is 0.248 e. The number of rotatable bonds is 2. The number of piperidine rings is 1. The predicted molar refractivity (Wildman–Crippen MR) is 72.8 cm³/mol. The molecule has 2 heterocycles. The summed E-state index contributed by atoms with van der Waals surface area (Å²) >= 11 is 0. The summed E-state index contributed by atoms with van der Waals surface area (Å²) in [5, 5.41) is 3.31. The van der Waals surface area contributed by atoms with E-state index in [-0.39, 0.29) is 18.7 Å². The molecule has 1 aromatic rings. The average molecular weight is 285 g/mol. The van der Waals surface area contributed by atoms with E-state index in [4.69, 9.17) is 15.2 Å². The molecule has 1 unspecified atom stereocenters. The highest BCUT2D eigenvalue weighted by Gasteiger charge is 2.33. The van der Waals surface area contributed by atoms with Gasteiger partial charge in [-0.15, -0.1) is 12.4 Å². The zero-order valence-corrected chi connectivity index (χ0v) is 11.2. The van der Waals surface area contributed by atoms with Crippen molar-refractivity contribution in [1.82, 2.24) is 5.32 Å². The molecular formula is C13H17ClN2O3. The summed E-state index contributed by atoms with van der Waals surface area (Å²) in [5.41, 5.74) is 5.69. The zero-order valence-electron chi connectivity index (χ0n) is 10.4. The molecule has 5 nitrogen and oxygen atoms in total. The Kier molecular flexibility index (Phi) is 4.17. The van der Waals surface area contributed by atoms with Crippen LogP contribution < -0.4 is 20.5 Å². The van der Waals surface area contributed by atoms with Crippen molar-refractivity contribution >= 4 is 18.3 Å². The fourth-order valence-electron chi connectivity index (χ4n) is 2.43. The van der Waals surface area contributed by atoms with Crippen molar-refractivity contribution in [2.24, 2.45) is 11.7 Å². The first-order valence-electron chi connectivity index (χ1n) is 6.22. The molecule has 2 aliphatic heterocycles. The number of carbonyl (C=O) groups is 1. The van der Waals surface area contributed by atoms with Gasteiger partial charge >= 0.3 is 0 Å². The molecule has 0 spiro atoms. The van der Waals surface area contributed by atoms with Crippen molar-refractivity contribution in [2.45, 2.75) is 19.1 Å². The van der Waals surface area contributed by atoms with Crippen LogP contribution in [0.1, 0.15) is 23.2 Å². The quantitative estimate of drug-likeness (QED) is 0.859. The first-order chi connectivity index (χ1) is 8.74. The average Bonchev–Trinajstić information content (AvgIpc) is 2.82. The van der Waals surface area contributed by atoms with E-state index in [1.807, 2.05) is 0 Å². The molecular weight excluding hydrogens is 268 g/mol. The van der Waals surface area contributed by atoms with Gasteiger partial charge in [0.1, 0.15) is 0 Å². The van der Waals surface area contributed by atoms with Crippen LogP contribution in [0.4, 0.5) is 0 Å². The first kappa shape index (κ1) is 14.0. The van der Waals surface area contributed by atoms with Crippen LogP contribution >= 0.6 is 12.4 Å². The van der Waals surface area contributed by atoms with Crippen LogP contribution in [0.2, 0.25) is 0 Å². The smallest absolute Gasteiger partial charge is 0.248 e. The summed E-state index contributed by atoms with van der Waals surface area (Å²) in [5.74, 6) is 1.26. The number of hydrogen-bond donors (Lipinski definition) is 2. The molecule has 0 radical (unpaired) electrons. The summed E-state index contributed by atoms with van der Waals surface area (Å²) in [7, 11) is 0. The minimum Gasteiger partial charge on any atom is -0.451 e. The van der Waals surface area contributed by atoms with E-state index in [0.29, 0.717) is 23.0 Å². The summed E-state index contributed by atoms with van der Waals surface area (Å²) < 4.78 is 11.6. The Bertz CT molecular complexity index is 475. The molecule has 0 bridgehead atoms. The molecule has 0 aromatic heterocycles. The Morgan fingerprint density at radius 1 is 1.21 bits per heavy atom. The minimum absolute atomic E-state index is 0. The molecule has 1 atom stereocenters. The number of hydrogen-bond acceptors (Lipinski definition) is 4. The third kappa shape index (κ3) is 2.77. The van der Waals surface area contributed by atoms with Gasteiger partial charge in [0, 0.05) is 11.5 Å². The van der Waals surface area contributed by atoms with E-state index in [0.717, 1.165) is 25.9 Å². The molecule has 1 aromatic carbocycles. The van der Waals surface area contributed by atoms with Crippen molar-refractivity contribution in [3.63, 3.8) is 0 Å². The van der Waals surface area contributed by atoms with Crippen LogP contribution in [-0.2, 0) is 0 Å². The van der Waals surface area contributed by atoms with Crippen LogP contribution in [0, 0.1) is 5.92 Å². The highest BCUT2D eigenvalue weighted by Crippen LogP contribution is 2.38. The standard InChI is InChI=1S/C13H16N2O3.ClH/c14-12(16)9-1-2-10-11(7-9)18-13(17-10)8-3-5-15-6-4-8;/h1-2,7-8,13,15H,3-6H2,(H2,14,16);1H. The molecule has 1 fully saturated rings. The summed E-state index contributed by atoms with van der Waals surface area (Å²) in [6.07, 6.45) is 1.85. The van der Waals surface area contributed by atoms with Crippen molar-refractivity contribution in [2.75, 3.05) is 13.1 Å². The highest BCUT2D eigenvalue weighted by atomic mass is 35.5. The molecule has 3 rings (SSSR count). The number of benzene rings is 1. The van der Waals surface area contributed by atoms with Crippen LogP contribution in [-0.4, -0.2) is 25.3 Å². The zero-order chi connectivity index (χ0) is 12.5. The van der Waals surface area contributed by atoms with E-state index in [2.05, 4.69) is 5.32 Å². The lowest BCUT2D eigenvalue weighted by Crippen LogP contribution is -2.37. The number of carbonyl (C=O) groups excluding carboxylic acids is 1. The maximum absolute atomic E-state index is 11.1. The fraction of sp³-hybridized carbons (Fsp3) is 0.462. The number of ether oxygens (including phenoxy) is 2. The molecule has 1 amide bonds. The number of amides is 1. The molecule has 1 saturated heterocycles. The summed E-state index contributed by atoms with van der Waals surface area (Å²) in [6, 6.07) is 5.06. The van der Waals surface area contributed by atoms with Crippen molar-refractivity contribution in [3.05, 3.63) is 23.8 Å². The lowest BCUT2D eigenvalue weighted by Gasteiger charge is -2.26. The molecule has 0 saturated carbocycles. The topological polar surface area (TPSA) is 73.6 Å². The second-order valence-corrected chi connectivity index (χ2v) is 4.72. The second kappa shape index (κ2) is 5.67. The minimum atomic E-state index is -0.452. The van der Waals surface area contributed by atoms with Gasteiger partial charge < -0.3 is 20.5 Å². The van der Waals surface area contributed by atoms with Gasteiger partial charge in [0.2, 0.25) is 12.2 Å². The van der Waals surface area contributed by atoms with Crippen molar-refractivity contribution in [3.8, 4) is 11.5 Å². The number of fused-ring (bicyclic) bond motifs is 1. The molecule has 0 aliphatic carbocycles. The lowest BCUT2D eigenvalue weighted by atomic mass is 9.98. The van der Waals surface area contributed by atoms with Crippen LogP contribution in [0.25, 0.3) is 0 Å². The Balaban J connectivity index is 0.00000133. The molecule has 104 valence electrons. The number of halogens is 1. The van der Waals surface area contributed by atoms with Gasteiger partial charge in [-0.1, -0.05) is 0 Å². The molecule has 2 aliphatic rings. The molecule has 6 heteroatoms. The van der Waals surface area contributed by atoms with Gasteiger partial charge in [-0.3, -0.25) is 4.79 Å². The van der Waals surface area contributed by atoms with Crippen molar-refractivity contribution in [1.29, 1.82) is 0 Å². The number of primary amides is 1. The highest BCUT2D eigenvalue weighted by molar-refractivity contribution is 5.93. The number of nitrogens with two attached hydrogens (primary N) is 1. The van der Waals surface area contributed by atoms with Gasteiger partial charge in [-0.2, -0.15) is 0 Å². The number of nitrogens with one attached hydrogen (secondary N) is 1. The lowest BCUT2D eigenvalue weighted by molar-refractivity contribution is -0.0149. The van der Waals surface area contributed by atoms with Crippen LogP contribution in [0.5, 0.6) is 11.5 Å². The maximum atomic E-state index is 11.1. The predicted octanol–water partition coefficient (Wildman–Crippen LogP) is 1.30. The Labute approximate surface area is 117 Å². The molecule has 19 heavy (non-hydrogen) atoms. The summed E-state index contributed by atoms with van der Waals surface area (Å²) in [6.45, 7) is 1.99. The van der Waals surface area contributed by atoms with E-state index >= 15 is 0 Å². The summed E-state index contributed by atoms with van der Waals surface area (Å²) in [4.78, 5) is 11.1. The van der Waals surface area contributed by atoms with E-state index in [1.165, 1.54) is 0 Å². The van der Waals surface area contributed by atoms with Gasteiger partial charge in [-0.05, 0) is 44.1 Å². The third-order valence-corrected chi connectivity index (χ3v) is 3.48. The van der Waals surface area contributed by atoms with Crippen molar-refractivity contribution < 1.29 is 14.3 Å². The Morgan fingerprint density at radius 3 is 2.58 bits per heavy atom. The third-order valence-electron chi connectivity index (χ3n) is 3.48. The van der Waals surface area contributed by atoms with Gasteiger partial charge in [0.25, 0.3) is 0 Å². The Hall–Kier alpha value is -1.46. The monoisotopic (exact) mass is 284 g/mol. The van der Waals surface area contributed by atoms with E-state index in [9.17, 15) is 4.79 Å². The largest absolute Gasteiger partial charge is 0.451 e. The van der Waals surface area contributed by atoms with Crippen LogP contribution in [0.15, 0.2) is 18.2 Å². The first-order valence-corrected chi connectivity index (χ1v) is 6.22.